The molecule has 1 aromatic heterocycles. The predicted octanol–water partition coefficient (Wildman–Crippen LogP) is 2.04. The van der Waals surface area contributed by atoms with Crippen LogP contribution in [0, 0.1) is 10.1 Å². The van der Waals surface area contributed by atoms with Gasteiger partial charge in [0, 0.05) is 29.4 Å². The molecule has 0 spiro atoms. The molecule has 0 aliphatic rings. The van der Waals surface area contributed by atoms with Crippen LogP contribution in [0.1, 0.15) is 5.82 Å². The Morgan fingerprint density at radius 3 is 2.94 bits per heavy atom. The van der Waals surface area contributed by atoms with Gasteiger partial charge in [-0.1, -0.05) is 15.9 Å². The van der Waals surface area contributed by atoms with Gasteiger partial charge in [-0.2, -0.15) is 0 Å². The maximum absolute atomic E-state index is 11.1. The van der Waals surface area contributed by atoms with Crippen molar-refractivity contribution in [2.75, 3.05) is 6.54 Å². The van der Waals surface area contributed by atoms with E-state index in [1.807, 2.05) is 0 Å². The molecule has 1 aromatic carbocycles. The van der Waals surface area contributed by atoms with Gasteiger partial charge < -0.3 is 5.73 Å². The zero-order valence-electron chi connectivity index (χ0n) is 9.41. The summed E-state index contributed by atoms with van der Waals surface area (Å²) in [6, 6.07) is 4.92. The summed E-state index contributed by atoms with van der Waals surface area (Å²) in [5, 5.41) is 11.1. The third-order valence-corrected chi connectivity index (χ3v) is 2.97. The van der Waals surface area contributed by atoms with E-state index in [4.69, 9.17) is 5.73 Å². The van der Waals surface area contributed by atoms with Gasteiger partial charge in [-0.05, 0) is 18.7 Å². The van der Waals surface area contributed by atoms with Crippen molar-refractivity contribution in [3.63, 3.8) is 0 Å². The number of rotatable bonds is 4. The summed E-state index contributed by atoms with van der Waals surface area (Å²) in [7, 11) is 0. The first-order valence-corrected chi connectivity index (χ1v) is 6.09. The average Bonchev–Trinajstić information content (AvgIpc) is 2.77. The molecule has 0 aliphatic heterocycles. The van der Waals surface area contributed by atoms with Crippen LogP contribution in [0.5, 0.6) is 0 Å². The molecule has 2 N–H and O–H groups in total. The molecular formula is C11H11BrN4O2. The fraction of sp³-hybridized carbons (Fsp3) is 0.182. The molecule has 7 heteroatoms. The molecule has 1 heterocycles. The van der Waals surface area contributed by atoms with E-state index in [9.17, 15) is 10.1 Å². The first-order chi connectivity index (χ1) is 8.63. The minimum absolute atomic E-state index is 0.0284. The monoisotopic (exact) mass is 310 g/mol. The molecule has 0 aliphatic carbocycles. The van der Waals surface area contributed by atoms with Gasteiger partial charge >= 0.3 is 0 Å². The van der Waals surface area contributed by atoms with Crippen LogP contribution in [0.15, 0.2) is 35.1 Å². The summed E-state index contributed by atoms with van der Waals surface area (Å²) in [4.78, 5) is 14.8. The molecule has 0 atom stereocenters. The number of nitrogens with two attached hydrogens (primary N) is 1. The summed E-state index contributed by atoms with van der Waals surface area (Å²) in [5.41, 5.74) is 6.01. The number of imidazole rings is 1. The summed E-state index contributed by atoms with van der Waals surface area (Å²) < 4.78 is 2.36. The molecule has 94 valence electrons. The van der Waals surface area contributed by atoms with Gasteiger partial charge in [-0.25, -0.2) is 4.98 Å². The van der Waals surface area contributed by atoms with E-state index >= 15 is 0 Å². The molecular weight excluding hydrogens is 300 g/mol. The van der Waals surface area contributed by atoms with E-state index in [1.165, 1.54) is 6.07 Å². The second-order valence-corrected chi connectivity index (χ2v) is 4.56. The van der Waals surface area contributed by atoms with Gasteiger partial charge in [-0.3, -0.25) is 14.7 Å². The maximum atomic E-state index is 11.1. The first kappa shape index (κ1) is 12.7. The summed E-state index contributed by atoms with van der Waals surface area (Å²) >= 11 is 3.23. The van der Waals surface area contributed by atoms with Crippen LogP contribution >= 0.6 is 15.9 Å². The highest BCUT2D eigenvalue weighted by molar-refractivity contribution is 9.10. The van der Waals surface area contributed by atoms with Crippen molar-refractivity contribution in [2.45, 2.75) is 6.42 Å². The van der Waals surface area contributed by atoms with Crippen LogP contribution in [-0.2, 0) is 6.42 Å². The molecule has 0 unspecified atom stereocenters. The quantitative estimate of drug-likeness (QED) is 0.691. The molecule has 0 fully saturated rings. The normalized spacial score (nSPS) is 10.6. The Labute approximate surface area is 112 Å². The third-order valence-electron chi connectivity index (χ3n) is 2.48. The maximum Gasteiger partial charge on any atom is 0.294 e. The second kappa shape index (κ2) is 5.28. The topological polar surface area (TPSA) is 87.0 Å². The van der Waals surface area contributed by atoms with Crippen molar-refractivity contribution in [1.29, 1.82) is 0 Å². The van der Waals surface area contributed by atoms with Crippen molar-refractivity contribution in [3.8, 4) is 5.69 Å². The lowest BCUT2D eigenvalue weighted by molar-refractivity contribution is -0.384. The van der Waals surface area contributed by atoms with Crippen molar-refractivity contribution >= 4 is 21.6 Å². The lowest BCUT2D eigenvalue weighted by Gasteiger charge is -2.08. The lowest BCUT2D eigenvalue weighted by atomic mass is 10.2. The molecule has 0 amide bonds. The molecule has 18 heavy (non-hydrogen) atoms. The minimum Gasteiger partial charge on any atom is -0.330 e. The number of nitro groups is 1. The number of hydrogen-bond acceptors (Lipinski definition) is 4. The van der Waals surface area contributed by atoms with Crippen molar-refractivity contribution in [2.24, 2.45) is 5.73 Å². The summed E-state index contributed by atoms with van der Waals surface area (Å²) in [6.45, 7) is 0.446. The molecule has 2 aromatic rings. The van der Waals surface area contributed by atoms with Gasteiger partial charge in [0.2, 0.25) is 0 Å². The van der Waals surface area contributed by atoms with E-state index in [-0.39, 0.29) is 5.69 Å². The summed E-state index contributed by atoms with van der Waals surface area (Å²) in [6.07, 6.45) is 3.87. The zero-order valence-corrected chi connectivity index (χ0v) is 11.0. The number of aromatic nitrogens is 2. The SMILES string of the molecule is NCCc1nccn1-c1ccc(Br)cc1[N+](=O)[O-]. The van der Waals surface area contributed by atoms with Crippen LogP contribution in [0.2, 0.25) is 0 Å². The smallest absolute Gasteiger partial charge is 0.294 e. The highest BCUT2D eigenvalue weighted by Gasteiger charge is 2.17. The van der Waals surface area contributed by atoms with E-state index in [0.717, 1.165) is 0 Å². The fourth-order valence-electron chi connectivity index (χ4n) is 1.71. The lowest BCUT2D eigenvalue weighted by Crippen LogP contribution is -2.09. The Morgan fingerprint density at radius 2 is 2.28 bits per heavy atom. The van der Waals surface area contributed by atoms with E-state index < -0.39 is 4.92 Å². The van der Waals surface area contributed by atoms with E-state index in [0.29, 0.717) is 29.0 Å². The predicted molar refractivity (Wildman–Crippen MR) is 70.7 cm³/mol. The molecule has 0 saturated heterocycles. The number of halogens is 1. The Hall–Kier alpha value is -1.73. The van der Waals surface area contributed by atoms with Crippen LogP contribution in [-0.4, -0.2) is 21.0 Å². The molecule has 6 nitrogen and oxygen atoms in total. The molecule has 2 rings (SSSR count). The van der Waals surface area contributed by atoms with Crippen LogP contribution < -0.4 is 5.73 Å². The zero-order chi connectivity index (χ0) is 13.1. The number of nitrogens with zero attached hydrogens (tertiary/aromatic N) is 3. The van der Waals surface area contributed by atoms with Crippen LogP contribution in [0.3, 0.4) is 0 Å². The van der Waals surface area contributed by atoms with Gasteiger partial charge in [0.25, 0.3) is 5.69 Å². The van der Waals surface area contributed by atoms with Gasteiger partial charge in [-0.15, -0.1) is 0 Å². The summed E-state index contributed by atoms with van der Waals surface area (Å²) in [5.74, 6) is 0.711. The highest BCUT2D eigenvalue weighted by atomic mass is 79.9. The second-order valence-electron chi connectivity index (χ2n) is 3.64. The Bertz CT molecular complexity index is 582. The van der Waals surface area contributed by atoms with Crippen LogP contribution in [0.4, 0.5) is 5.69 Å². The Morgan fingerprint density at radius 1 is 1.50 bits per heavy atom. The average molecular weight is 311 g/mol. The number of nitro benzene ring substituents is 1. The molecule has 0 saturated carbocycles. The minimum atomic E-state index is -0.410. The fourth-order valence-corrected chi connectivity index (χ4v) is 2.06. The molecule has 0 bridgehead atoms. The Kier molecular flexibility index (Phi) is 3.73. The van der Waals surface area contributed by atoms with Crippen molar-refractivity contribution < 1.29 is 4.92 Å². The highest BCUT2D eigenvalue weighted by Crippen LogP contribution is 2.27. The van der Waals surface area contributed by atoms with Crippen molar-refractivity contribution in [1.82, 2.24) is 9.55 Å². The van der Waals surface area contributed by atoms with Gasteiger partial charge in [0.1, 0.15) is 11.5 Å². The number of benzene rings is 1. The van der Waals surface area contributed by atoms with E-state index in [2.05, 4.69) is 20.9 Å². The third kappa shape index (κ3) is 2.41. The van der Waals surface area contributed by atoms with Crippen LogP contribution in [0.25, 0.3) is 5.69 Å². The number of hydrogen-bond donors (Lipinski definition) is 1. The van der Waals surface area contributed by atoms with Gasteiger partial charge in [0.15, 0.2) is 0 Å². The van der Waals surface area contributed by atoms with Crippen molar-refractivity contribution in [3.05, 3.63) is 51.0 Å². The van der Waals surface area contributed by atoms with Gasteiger partial charge in [0.05, 0.1) is 4.92 Å². The standard InChI is InChI=1S/C11H11BrN4O2/c12-8-1-2-9(10(7-8)16(17)18)15-6-5-14-11(15)3-4-13/h1-2,5-7H,3-4,13H2. The van der Waals surface area contributed by atoms with E-state index in [1.54, 1.807) is 29.1 Å². The molecule has 0 radical (unpaired) electrons. The first-order valence-electron chi connectivity index (χ1n) is 5.30. The largest absolute Gasteiger partial charge is 0.330 e. The Balaban J connectivity index is 2.56.